The molecule has 0 spiro atoms. The largest absolute Gasteiger partial charge is 1.00 e. The number of carbonyl (C=O) groups is 1. The molecule has 0 bridgehead atoms. The maximum Gasteiger partial charge on any atom is -1.00 e. The smallest absolute Gasteiger partial charge is 1.00 e. The van der Waals surface area contributed by atoms with E-state index >= 15 is 0 Å². The molecule has 1 N–H and O–H groups in total. The number of amides is 1. The molecule has 2 nitrogen and oxygen atoms in total. The van der Waals surface area contributed by atoms with Crippen LogP contribution in [-0.4, -0.2) is 12.1 Å². The summed E-state index contributed by atoms with van der Waals surface area (Å²) in [6.07, 6.45) is -0.607. The van der Waals surface area contributed by atoms with Crippen LogP contribution < -0.4 is 28.6 Å². The molecule has 3 aromatic carbocycles. The van der Waals surface area contributed by atoms with E-state index in [1.165, 1.54) is 22.3 Å². The van der Waals surface area contributed by atoms with Crippen molar-refractivity contribution >= 4 is 12.1 Å². The van der Waals surface area contributed by atoms with Crippen LogP contribution in [0, 0.1) is 0 Å². The van der Waals surface area contributed by atoms with E-state index in [-0.39, 0.29) is 30.7 Å². The zero-order valence-corrected chi connectivity index (χ0v) is 19.8. The second-order valence-corrected chi connectivity index (χ2v) is 18.3. The Hall–Kier alpha value is -1.36. The van der Waals surface area contributed by atoms with Crippen molar-refractivity contribution in [2.45, 2.75) is 17.3 Å². The molecular weight excluding hydrogens is 441 g/mol. The maximum atomic E-state index is 12.9. The molecule has 0 aliphatic heterocycles. The molecule has 4 rings (SSSR count). The third-order valence-electron chi connectivity index (χ3n) is 4.95. The number of hydrogen-bond acceptors (Lipinski definition) is 1. The van der Waals surface area contributed by atoms with Gasteiger partial charge in [0.15, 0.2) is 0 Å². The molecule has 0 heterocycles. The number of fused-ring (bicyclic) bond motifs is 3. The average Bonchev–Trinajstić information content (AvgIpc) is 3.01. The standard InChI is InChI=1S/C13H9.C7H7NO.C2H6Si.2ClH.Ti/c1-3-7-12-10(5-1)9-11-6-2-4-8-13(11)12;8-7(9)6-4-2-1-3-5-6;1-3-2;;;/h1-9H;1-5H,(H2,8,9);1-2H3;2*1H;/q;;;;;+3/p-3. The van der Waals surface area contributed by atoms with Gasteiger partial charge in [0.1, 0.15) is 0 Å². The summed E-state index contributed by atoms with van der Waals surface area (Å²) in [5.74, 6) is 0.0914. The van der Waals surface area contributed by atoms with Crippen molar-refractivity contribution in [2.75, 3.05) is 0 Å². The van der Waals surface area contributed by atoms with Gasteiger partial charge >= 0.3 is 162 Å². The Balaban J connectivity index is 0.00000140. The van der Waals surface area contributed by atoms with Crippen LogP contribution in [0.4, 0.5) is 0 Å². The Labute approximate surface area is 185 Å². The summed E-state index contributed by atoms with van der Waals surface area (Å²) in [5.41, 5.74) is 6.26. The van der Waals surface area contributed by atoms with Gasteiger partial charge in [-0.05, 0) is 0 Å². The predicted octanol–water partition coefficient (Wildman–Crippen LogP) is -1.02. The van der Waals surface area contributed by atoms with Crippen molar-refractivity contribution in [2.24, 2.45) is 0 Å². The molecule has 0 fully saturated rings. The van der Waals surface area contributed by atoms with E-state index in [1.54, 1.807) is 0 Å². The molecule has 1 aliphatic carbocycles. The topological polar surface area (TPSA) is 29.1 Å². The van der Waals surface area contributed by atoms with Crippen LogP contribution in [0.15, 0.2) is 78.9 Å². The van der Waals surface area contributed by atoms with Gasteiger partial charge in [0.2, 0.25) is 0 Å². The first-order valence-electron chi connectivity index (χ1n) is 8.89. The number of carbonyl (C=O) groups excluding carboxylic acids is 1. The van der Waals surface area contributed by atoms with E-state index in [0.29, 0.717) is 4.22 Å². The van der Waals surface area contributed by atoms with Gasteiger partial charge in [-0.2, -0.15) is 0 Å². The van der Waals surface area contributed by atoms with E-state index < -0.39 is 23.0 Å². The van der Waals surface area contributed by atoms with Gasteiger partial charge in [0.25, 0.3) is 0 Å². The fourth-order valence-corrected chi connectivity index (χ4v) is 12.8. The van der Waals surface area contributed by atoms with E-state index in [0.717, 1.165) is 5.56 Å². The van der Waals surface area contributed by atoms with Gasteiger partial charge in [-0.15, -0.1) is 0 Å². The normalized spacial score (nSPS) is 11.0. The minimum absolute atomic E-state index is 0. The van der Waals surface area contributed by atoms with Crippen molar-refractivity contribution in [3.05, 3.63) is 95.6 Å². The van der Waals surface area contributed by atoms with Gasteiger partial charge in [0.05, 0.1) is 0 Å². The molecule has 0 saturated heterocycles. The number of halogens is 2. The van der Waals surface area contributed by atoms with Crippen LogP contribution in [-0.2, 0) is 16.9 Å². The zero-order chi connectivity index (χ0) is 18.1. The Morgan fingerprint density at radius 3 is 1.75 bits per heavy atom. The van der Waals surface area contributed by atoms with Gasteiger partial charge in [-0.1, -0.05) is 0 Å². The van der Waals surface area contributed by atoms with Crippen LogP contribution in [0.5, 0.6) is 0 Å². The molecule has 0 unspecified atom stereocenters. The molecule has 1 aliphatic rings. The predicted molar refractivity (Wildman–Crippen MR) is 105 cm³/mol. The molecule has 0 atom stereocenters. The van der Waals surface area contributed by atoms with Crippen LogP contribution in [0.2, 0.25) is 13.1 Å². The minimum Gasteiger partial charge on any atom is -1.00 e. The van der Waals surface area contributed by atoms with Gasteiger partial charge < -0.3 is 24.8 Å². The Bertz CT molecular complexity index is 974. The number of benzene rings is 3. The summed E-state index contributed by atoms with van der Waals surface area (Å²) < 4.78 is 3.92. The van der Waals surface area contributed by atoms with Crippen molar-refractivity contribution < 1.29 is 46.5 Å². The summed E-state index contributed by atoms with van der Waals surface area (Å²) >= 11 is -1.90. The molecule has 1 amide bonds. The first-order chi connectivity index (χ1) is 12.7. The van der Waals surface area contributed by atoms with Crippen LogP contribution in [0.1, 0.15) is 25.7 Å². The molecule has 0 radical (unpaired) electrons. The number of rotatable bonds is 3. The number of nitrogens with one attached hydrogen (secondary N) is 1. The first kappa shape index (κ1) is 22.9. The first-order valence-corrected chi connectivity index (χ1v) is 15.4. The van der Waals surface area contributed by atoms with E-state index in [2.05, 4.69) is 65.4 Å². The van der Waals surface area contributed by atoms with Crippen molar-refractivity contribution in [3.8, 4) is 11.1 Å². The van der Waals surface area contributed by atoms with E-state index in [4.69, 9.17) is 0 Å². The SMILES string of the molecule is C[Si](C)=[Ti+2]([NH]C(=O)c1ccccc1)[CH]1c2ccccc2-c2ccccc21.[Cl-].[Cl-]. The van der Waals surface area contributed by atoms with Crippen molar-refractivity contribution in [1.82, 2.24) is 3.80 Å². The molecule has 3 aromatic rings. The third kappa shape index (κ3) is 4.29. The molecule has 0 aromatic heterocycles. The zero-order valence-electron chi connectivity index (χ0n) is 15.7. The molecule has 0 saturated carbocycles. The molecule has 142 valence electrons. The minimum atomic E-state index is -1.90. The second kappa shape index (κ2) is 9.91. The Morgan fingerprint density at radius 1 is 0.786 bits per heavy atom. The average molecular weight is 462 g/mol. The summed E-state index contributed by atoms with van der Waals surface area (Å²) in [5, 5.41) is 0. The van der Waals surface area contributed by atoms with Crippen molar-refractivity contribution in [3.63, 3.8) is 0 Å². The van der Waals surface area contributed by atoms with Gasteiger partial charge in [0, 0.05) is 0 Å². The second-order valence-electron chi connectivity index (χ2n) is 6.84. The van der Waals surface area contributed by atoms with Gasteiger partial charge in [-0.25, -0.2) is 0 Å². The number of hydrogen-bond donors (Lipinski definition) is 1. The fraction of sp³-hybridized carbons (Fsp3) is 0.136. The quantitative estimate of drug-likeness (QED) is 0.497. The third-order valence-corrected chi connectivity index (χ3v) is 15.4. The summed E-state index contributed by atoms with van der Waals surface area (Å²) in [4.78, 5) is 12.9. The maximum absolute atomic E-state index is 12.9. The fourth-order valence-electron chi connectivity index (χ4n) is 3.74. The Kier molecular flexibility index (Phi) is 8.11. The van der Waals surface area contributed by atoms with Crippen molar-refractivity contribution in [1.29, 1.82) is 0 Å². The molecule has 6 heteroatoms. The summed E-state index contributed by atoms with van der Waals surface area (Å²) in [6.45, 7) is 4.71. The van der Waals surface area contributed by atoms with E-state index in [9.17, 15) is 4.79 Å². The van der Waals surface area contributed by atoms with E-state index in [1.807, 2.05) is 30.3 Å². The van der Waals surface area contributed by atoms with Crippen LogP contribution >= 0.6 is 0 Å². The molecular formula is C22H21Cl2NOSiTi. The van der Waals surface area contributed by atoms with Crippen LogP contribution in [0.25, 0.3) is 11.1 Å². The van der Waals surface area contributed by atoms with Gasteiger partial charge in [-0.3, -0.25) is 0 Å². The van der Waals surface area contributed by atoms with Crippen LogP contribution in [0.3, 0.4) is 0 Å². The Morgan fingerprint density at radius 2 is 1.25 bits per heavy atom. The summed E-state index contributed by atoms with van der Waals surface area (Å²) in [6, 6.07) is 27.1. The monoisotopic (exact) mass is 461 g/mol. The molecule has 28 heavy (non-hydrogen) atoms. The summed E-state index contributed by atoms with van der Waals surface area (Å²) in [7, 11) is 0.